The van der Waals surface area contributed by atoms with Crippen LogP contribution in [0.15, 0.2) is 18.2 Å². The first-order valence-electron chi connectivity index (χ1n) is 7.43. The lowest BCUT2D eigenvalue weighted by atomic mass is 9.80. The van der Waals surface area contributed by atoms with E-state index in [2.05, 4.69) is 10.2 Å². The van der Waals surface area contributed by atoms with Crippen LogP contribution < -0.4 is 5.32 Å². The molecular weight excluding hydrogens is 296 g/mol. The van der Waals surface area contributed by atoms with Crippen molar-refractivity contribution in [2.24, 2.45) is 5.41 Å². The van der Waals surface area contributed by atoms with Gasteiger partial charge < -0.3 is 5.32 Å². The fourth-order valence-corrected chi connectivity index (χ4v) is 3.13. The summed E-state index contributed by atoms with van der Waals surface area (Å²) >= 11 is 0. The molecular formula is C16H22F4N2. The van der Waals surface area contributed by atoms with E-state index < -0.39 is 23.6 Å². The summed E-state index contributed by atoms with van der Waals surface area (Å²) in [7, 11) is 0. The SMILES string of the molecule is CC(C)(C)[C@H](c1cccc(C(F)(F)F)c1F)N1CCNCC1. The van der Waals surface area contributed by atoms with Crippen LogP contribution in [0.2, 0.25) is 0 Å². The van der Waals surface area contributed by atoms with E-state index >= 15 is 0 Å². The van der Waals surface area contributed by atoms with Gasteiger partial charge >= 0.3 is 6.18 Å². The monoisotopic (exact) mass is 318 g/mol. The summed E-state index contributed by atoms with van der Waals surface area (Å²) in [4.78, 5) is 2.06. The lowest BCUT2D eigenvalue weighted by Crippen LogP contribution is -2.48. The van der Waals surface area contributed by atoms with Gasteiger partial charge in [0.1, 0.15) is 5.82 Å². The van der Waals surface area contributed by atoms with Gasteiger partial charge in [0.25, 0.3) is 0 Å². The molecule has 0 spiro atoms. The van der Waals surface area contributed by atoms with Crippen molar-refractivity contribution in [3.8, 4) is 0 Å². The van der Waals surface area contributed by atoms with Gasteiger partial charge in [0.15, 0.2) is 0 Å². The van der Waals surface area contributed by atoms with Gasteiger partial charge in [0, 0.05) is 37.8 Å². The number of hydrogen-bond acceptors (Lipinski definition) is 2. The maximum Gasteiger partial charge on any atom is 0.419 e. The third kappa shape index (κ3) is 3.60. The molecule has 0 saturated carbocycles. The molecule has 0 amide bonds. The Labute approximate surface area is 128 Å². The molecule has 0 aromatic heterocycles. The van der Waals surface area contributed by atoms with Gasteiger partial charge in [0.2, 0.25) is 0 Å². The number of alkyl halides is 3. The lowest BCUT2D eigenvalue weighted by molar-refractivity contribution is -0.140. The fourth-order valence-electron chi connectivity index (χ4n) is 3.13. The minimum Gasteiger partial charge on any atom is -0.314 e. The maximum atomic E-state index is 14.5. The molecule has 2 rings (SSSR count). The van der Waals surface area contributed by atoms with Crippen LogP contribution in [0.4, 0.5) is 17.6 Å². The Kier molecular flexibility index (Phi) is 4.82. The number of benzene rings is 1. The van der Waals surface area contributed by atoms with Crippen molar-refractivity contribution in [1.29, 1.82) is 0 Å². The van der Waals surface area contributed by atoms with Gasteiger partial charge in [-0.05, 0) is 11.5 Å². The van der Waals surface area contributed by atoms with Crippen molar-refractivity contribution in [2.75, 3.05) is 26.2 Å². The molecule has 0 radical (unpaired) electrons. The Morgan fingerprint density at radius 1 is 1.09 bits per heavy atom. The van der Waals surface area contributed by atoms with E-state index in [0.29, 0.717) is 13.1 Å². The third-order valence-electron chi connectivity index (χ3n) is 3.97. The second-order valence-electron chi connectivity index (χ2n) is 6.76. The molecule has 1 fully saturated rings. The molecule has 124 valence electrons. The summed E-state index contributed by atoms with van der Waals surface area (Å²) in [5.74, 6) is -1.14. The highest BCUT2D eigenvalue weighted by atomic mass is 19.4. The molecule has 1 N–H and O–H groups in total. The molecule has 6 heteroatoms. The van der Waals surface area contributed by atoms with E-state index in [1.165, 1.54) is 12.1 Å². The van der Waals surface area contributed by atoms with Crippen molar-refractivity contribution < 1.29 is 17.6 Å². The number of rotatable bonds is 2. The lowest BCUT2D eigenvalue weighted by Gasteiger charge is -2.42. The molecule has 0 bridgehead atoms. The minimum atomic E-state index is -4.67. The predicted molar refractivity (Wildman–Crippen MR) is 78.0 cm³/mol. The molecule has 1 saturated heterocycles. The summed E-state index contributed by atoms with van der Waals surface area (Å²) in [6.45, 7) is 8.69. The quantitative estimate of drug-likeness (QED) is 0.834. The predicted octanol–water partition coefficient (Wildman–Crippen LogP) is 3.84. The summed E-state index contributed by atoms with van der Waals surface area (Å²) in [5.41, 5.74) is -1.43. The van der Waals surface area contributed by atoms with Crippen LogP contribution in [0.25, 0.3) is 0 Å². The highest BCUT2D eigenvalue weighted by Crippen LogP contribution is 2.42. The molecule has 1 atom stereocenters. The van der Waals surface area contributed by atoms with Gasteiger partial charge in [-0.2, -0.15) is 13.2 Å². The molecule has 1 aromatic carbocycles. The summed E-state index contributed by atoms with van der Waals surface area (Å²) in [5, 5.41) is 3.21. The van der Waals surface area contributed by atoms with Crippen LogP contribution in [0.1, 0.15) is 37.9 Å². The molecule has 1 aliphatic rings. The van der Waals surface area contributed by atoms with Crippen molar-refractivity contribution in [3.05, 3.63) is 35.1 Å². The van der Waals surface area contributed by atoms with Gasteiger partial charge in [-0.15, -0.1) is 0 Å². The first-order valence-corrected chi connectivity index (χ1v) is 7.43. The van der Waals surface area contributed by atoms with Crippen molar-refractivity contribution >= 4 is 0 Å². The smallest absolute Gasteiger partial charge is 0.314 e. The van der Waals surface area contributed by atoms with Crippen molar-refractivity contribution in [1.82, 2.24) is 10.2 Å². The van der Waals surface area contributed by atoms with Crippen LogP contribution in [-0.2, 0) is 6.18 Å². The number of nitrogens with zero attached hydrogens (tertiary/aromatic N) is 1. The standard InChI is InChI=1S/C16H22F4N2/c1-15(2,3)14(22-9-7-21-8-10-22)11-5-4-6-12(13(11)17)16(18,19)20/h4-6,14,21H,7-10H2,1-3H3/t14-/m0/s1. The molecule has 0 aliphatic carbocycles. The van der Waals surface area contributed by atoms with Crippen LogP contribution in [0.5, 0.6) is 0 Å². The number of hydrogen-bond donors (Lipinski definition) is 1. The molecule has 1 aliphatic heterocycles. The second kappa shape index (κ2) is 6.16. The Balaban J connectivity index is 2.48. The van der Waals surface area contributed by atoms with Gasteiger partial charge in [-0.3, -0.25) is 4.90 Å². The second-order valence-corrected chi connectivity index (χ2v) is 6.76. The summed E-state index contributed by atoms with van der Waals surface area (Å²) in [6.07, 6.45) is -4.67. The normalized spacial score (nSPS) is 19.2. The topological polar surface area (TPSA) is 15.3 Å². The first-order chi connectivity index (χ1) is 10.1. The molecule has 22 heavy (non-hydrogen) atoms. The molecule has 1 heterocycles. The van der Waals surface area contributed by atoms with Crippen LogP contribution in [0.3, 0.4) is 0 Å². The Hall–Kier alpha value is -1.14. The maximum absolute atomic E-state index is 14.5. The van der Waals surface area contributed by atoms with E-state index in [4.69, 9.17) is 0 Å². The highest BCUT2D eigenvalue weighted by Gasteiger charge is 2.39. The Morgan fingerprint density at radius 3 is 2.18 bits per heavy atom. The molecule has 0 unspecified atom stereocenters. The summed E-state index contributed by atoms with van der Waals surface area (Å²) in [6, 6.07) is 3.18. The van der Waals surface area contributed by atoms with Crippen LogP contribution >= 0.6 is 0 Å². The van der Waals surface area contributed by atoms with Crippen LogP contribution in [-0.4, -0.2) is 31.1 Å². The van der Waals surface area contributed by atoms with E-state index in [1.807, 2.05) is 20.8 Å². The minimum absolute atomic E-state index is 0.129. The summed E-state index contributed by atoms with van der Waals surface area (Å²) < 4.78 is 53.4. The third-order valence-corrected chi connectivity index (χ3v) is 3.97. The van der Waals surface area contributed by atoms with Crippen molar-refractivity contribution in [2.45, 2.75) is 33.0 Å². The van der Waals surface area contributed by atoms with Crippen LogP contribution in [0, 0.1) is 11.2 Å². The largest absolute Gasteiger partial charge is 0.419 e. The average Bonchev–Trinajstić information content (AvgIpc) is 2.39. The van der Waals surface area contributed by atoms with Gasteiger partial charge in [-0.1, -0.05) is 32.9 Å². The fraction of sp³-hybridized carbons (Fsp3) is 0.625. The van der Waals surface area contributed by atoms with Crippen molar-refractivity contribution in [3.63, 3.8) is 0 Å². The van der Waals surface area contributed by atoms with Gasteiger partial charge in [0.05, 0.1) is 5.56 Å². The number of nitrogens with one attached hydrogen (secondary N) is 1. The van der Waals surface area contributed by atoms with E-state index in [1.54, 1.807) is 0 Å². The molecule has 1 aromatic rings. The zero-order chi connectivity index (χ0) is 16.5. The van der Waals surface area contributed by atoms with E-state index in [-0.39, 0.29) is 11.0 Å². The van der Waals surface area contributed by atoms with E-state index in [9.17, 15) is 17.6 Å². The highest BCUT2D eigenvalue weighted by molar-refractivity contribution is 5.31. The number of piperazine rings is 1. The number of halogens is 4. The first kappa shape index (κ1) is 17.2. The van der Waals surface area contributed by atoms with E-state index in [0.717, 1.165) is 19.2 Å². The Bertz CT molecular complexity index is 514. The molecule has 2 nitrogen and oxygen atoms in total. The van der Waals surface area contributed by atoms with Gasteiger partial charge in [-0.25, -0.2) is 4.39 Å². The average molecular weight is 318 g/mol. The Morgan fingerprint density at radius 2 is 1.68 bits per heavy atom. The zero-order valence-corrected chi connectivity index (χ0v) is 13.1. The zero-order valence-electron chi connectivity index (χ0n) is 13.1.